The van der Waals surface area contributed by atoms with E-state index in [9.17, 15) is 4.79 Å². The van der Waals surface area contributed by atoms with Gasteiger partial charge in [0.1, 0.15) is 5.82 Å². The number of pyridine rings is 1. The number of benzene rings is 1. The van der Waals surface area contributed by atoms with Crippen molar-refractivity contribution in [3.8, 4) is 0 Å². The minimum Gasteiger partial charge on any atom is -0.381 e. The Morgan fingerprint density at radius 2 is 2.19 bits per heavy atom. The zero-order valence-electron chi connectivity index (χ0n) is 11.6. The topological polar surface area (TPSA) is 89.3 Å². The average Bonchev–Trinajstić information content (AvgIpc) is 3.05. The number of nitrogens with two attached hydrogens (primary N) is 1. The fourth-order valence-electron chi connectivity index (χ4n) is 2.57. The fourth-order valence-corrected chi connectivity index (χ4v) is 2.57. The molecule has 1 aromatic carbocycles. The third-order valence-electron chi connectivity index (χ3n) is 3.75. The Balaban J connectivity index is 1.84. The van der Waals surface area contributed by atoms with E-state index in [1.165, 1.54) is 0 Å². The number of anilines is 1. The predicted molar refractivity (Wildman–Crippen MR) is 80.8 cm³/mol. The van der Waals surface area contributed by atoms with Crippen LogP contribution >= 0.6 is 0 Å². The first-order valence-electron chi connectivity index (χ1n) is 7.00. The van der Waals surface area contributed by atoms with Gasteiger partial charge in [-0.05, 0) is 11.8 Å². The molecule has 21 heavy (non-hydrogen) atoms. The van der Waals surface area contributed by atoms with Crippen LogP contribution in [0.2, 0.25) is 0 Å². The van der Waals surface area contributed by atoms with Gasteiger partial charge in [-0.15, -0.1) is 0 Å². The summed E-state index contributed by atoms with van der Waals surface area (Å²) in [6.45, 7) is 2.13. The van der Waals surface area contributed by atoms with Crippen molar-refractivity contribution in [2.45, 2.75) is 6.42 Å². The van der Waals surface area contributed by atoms with Gasteiger partial charge in [0, 0.05) is 30.7 Å². The van der Waals surface area contributed by atoms with Crippen LogP contribution in [0, 0.1) is 5.92 Å². The van der Waals surface area contributed by atoms with Gasteiger partial charge in [0.15, 0.2) is 0 Å². The van der Waals surface area contributed by atoms with Crippen LogP contribution in [0.25, 0.3) is 10.8 Å². The number of fused-ring (bicyclic) bond motifs is 1. The van der Waals surface area contributed by atoms with Crippen molar-refractivity contribution in [2.24, 2.45) is 11.8 Å². The molecule has 6 heteroatoms. The molecular weight excluding hydrogens is 268 g/mol. The number of amides is 1. The number of carbonyl (C=O) groups excluding carboxylic acids is 1. The summed E-state index contributed by atoms with van der Waals surface area (Å²) in [5, 5.41) is 4.62. The SMILES string of the molecule is NNc1ncc(C(=O)NCC2CCOC2)c2ccccc12. The lowest BCUT2D eigenvalue weighted by Gasteiger charge is -2.12. The van der Waals surface area contributed by atoms with Crippen molar-refractivity contribution in [3.63, 3.8) is 0 Å². The van der Waals surface area contributed by atoms with Gasteiger partial charge >= 0.3 is 0 Å². The maximum absolute atomic E-state index is 12.4. The van der Waals surface area contributed by atoms with Crippen LogP contribution < -0.4 is 16.6 Å². The summed E-state index contributed by atoms with van der Waals surface area (Å²) in [6.07, 6.45) is 2.55. The molecule has 1 amide bonds. The Morgan fingerprint density at radius 3 is 2.90 bits per heavy atom. The molecule has 0 spiro atoms. The molecule has 0 radical (unpaired) electrons. The van der Waals surface area contributed by atoms with E-state index in [0.29, 0.717) is 23.8 Å². The van der Waals surface area contributed by atoms with E-state index in [1.54, 1.807) is 6.20 Å². The maximum Gasteiger partial charge on any atom is 0.253 e. The van der Waals surface area contributed by atoms with Gasteiger partial charge in [0.2, 0.25) is 0 Å². The molecule has 0 aliphatic carbocycles. The molecule has 1 atom stereocenters. The van der Waals surface area contributed by atoms with Crippen molar-refractivity contribution in [3.05, 3.63) is 36.0 Å². The normalized spacial score (nSPS) is 17.9. The van der Waals surface area contributed by atoms with Gasteiger partial charge in [-0.2, -0.15) is 0 Å². The molecular formula is C15H18N4O2. The molecule has 3 rings (SSSR count). The van der Waals surface area contributed by atoms with Gasteiger partial charge in [-0.3, -0.25) is 4.79 Å². The van der Waals surface area contributed by atoms with E-state index in [0.717, 1.165) is 30.4 Å². The lowest BCUT2D eigenvalue weighted by Crippen LogP contribution is -2.29. The third kappa shape index (κ3) is 2.81. The second-order valence-electron chi connectivity index (χ2n) is 5.15. The number of hydrogen-bond donors (Lipinski definition) is 3. The van der Waals surface area contributed by atoms with E-state index in [1.807, 2.05) is 24.3 Å². The summed E-state index contributed by atoms with van der Waals surface area (Å²) in [7, 11) is 0. The highest BCUT2D eigenvalue weighted by Crippen LogP contribution is 2.23. The minimum absolute atomic E-state index is 0.117. The van der Waals surface area contributed by atoms with Crippen molar-refractivity contribution >= 4 is 22.5 Å². The molecule has 1 aliphatic heterocycles. The van der Waals surface area contributed by atoms with Gasteiger partial charge in [0.25, 0.3) is 5.91 Å². The number of rotatable bonds is 4. The number of hydrazine groups is 1. The number of aromatic nitrogens is 1. The molecule has 1 fully saturated rings. The number of hydrogen-bond acceptors (Lipinski definition) is 5. The zero-order chi connectivity index (χ0) is 14.7. The summed E-state index contributed by atoms with van der Waals surface area (Å²) >= 11 is 0. The van der Waals surface area contributed by atoms with E-state index >= 15 is 0 Å². The van der Waals surface area contributed by atoms with Gasteiger partial charge in [-0.25, -0.2) is 10.8 Å². The Morgan fingerprint density at radius 1 is 1.38 bits per heavy atom. The monoisotopic (exact) mass is 286 g/mol. The average molecular weight is 286 g/mol. The Labute approximate surface area is 122 Å². The molecule has 110 valence electrons. The Bertz CT molecular complexity index is 653. The molecule has 2 aromatic rings. The van der Waals surface area contributed by atoms with Crippen molar-refractivity contribution in [1.82, 2.24) is 10.3 Å². The van der Waals surface area contributed by atoms with Crippen molar-refractivity contribution < 1.29 is 9.53 Å². The largest absolute Gasteiger partial charge is 0.381 e. The summed E-state index contributed by atoms with van der Waals surface area (Å²) in [5.41, 5.74) is 3.11. The van der Waals surface area contributed by atoms with Crippen LogP contribution in [0.4, 0.5) is 5.82 Å². The van der Waals surface area contributed by atoms with E-state index in [4.69, 9.17) is 10.6 Å². The highest BCUT2D eigenvalue weighted by Gasteiger charge is 2.18. The zero-order valence-corrected chi connectivity index (χ0v) is 11.6. The van der Waals surface area contributed by atoms with Gasteiger partial charge in [0.05, 0.1) is 12.2 Å². The van der Waals surface area contributed by atoms with Crippen molar-refractivity contribution in [2.75, 3.05) is 25.2 Å². The molecule has 0 bridgehead atoms. The lowest BCUT2D eigenvalue weighted by molar-refractivity contribution is 0.0946. The molecule has 1 aromatic heterocycles. The molecule has 4 N–H and O–H groups in total. The lowest BCUT2D eigenvalue weighted by atomic mass is 10.1. The van der Waals surface area contributed by atoms with Crippen LogP contribution in [0.15, 0.2) is 30.5 Å². The fraction of sp³-hybridized carbons (Fsp3) is 0.333. The molecule has 1 saturated heterocycles. The maximum atomic E-state index is 12.4. The van der Waals surface area contributed by atoms with Gasteiger partial charge < -0.3 is 15.5 Å². The third-order valence-corrected chi connectivity index (χ3v) is 3.75. The second-order valence-corrected chi connectivity index (χ2v) is 5.15. The quantitative estimate of drug-likeness (QED) is 0.582. The number of ether oxygens (including phenoxy) is 1. The van der Waals surface area contributed by atoms with E-state index < -0.39 is 0 Å². The molecule has 1 aliphatic rings. The van der Waals surface area contributed by atoms with Crippen molar-refractivity contribution in [1.29, 1.82) is 0 Å². The summed E-state index contributed by atoms with van der Waals surface area (Å²) in [5.74, 6) is 6.30. The summed E-state index contributed by atoms with van der Waals surface area (Å²) in [4.78, 5) is 16.6. The minimum atomic E-state index is -0.117. The summed E-state index contributed by atoms with van der Waals surface area (Å²) in [6, 6.07) is 7.57. The number of nitrogen functional groups attached to an aromatic ring is 1. The smallest absolute Gasteiger partial charge is 0.253 e. The Hall–Kier alpha value is -2.18. The first-order chi connectivity index (χ1) is 10.3. The number of nitrogens with zero attached hydrogens (tertiary/aromatic N) is 1. The first kappa shape index (κ1) is 13.8. The molecule has 0 saturated carbocycles. The predicted octanol–water partition coefficient (Wildman–Crippen LogP) is 1.29. The van der Waals surface area contributed by atoms with Crippen LogP contribution in [0.5, 0.6) is 0 Å². The second kappa shape index (κ2) is 6.07. The van der Waals surface area contributed by atoms with Crippen LogP contribution in [0.3, 0.4) is 0 Å². The van der Waals surface area contributed by atoms with Gasteiger partial charge in [-0.1, -0.05) is 24.3 Å². The number of carbonyl (C=O) groups is 1. The number of nitrogens with one attached hydrogen (secondary N) is 2. The Kier molecular flexibility index (Phi) is 3.98. The van der Waals surface area contributed by atoms with E-state index in [-0.39, 0.29) is 5.91 Å². The first-order valence-corrected chi connectivity index (χ1v) is 7.00. The summed E-state index contributed by atoms with van der Waals surface area (Å²) < 4.78 is 5.31. The molecule has 6 nitrogen and oxygen atoms in total. The highest BCUT2D eigenvalue weighted by molar-refractivity contribution is 6.09. The van der Waals surface area contributed by atoms with Crippen LogP contribution in [0.1, 0.15) is 16.8 Å². The standard InChI is InChI=1S/C15H18N4O2/c16-19-14-12-4-2-1-3-11(12)13(8-17-14)15(20)18-7-10-5-6-21-9-10/h1-4,8,10H,5-7,9,16H2,(H,17,19)(H,18,20). The van der Waals surface area contributed by atoms with Crippen LogP contribution in [-0.4, -0.2) is 30.6 Å². The van der Waals surface area contributed by atoms with Crippen LogP contribution in [-0.2, 0) is 4.74 Å². The molecule has 1 unspecified atom stereocenters. The highest BCUT2D eigenvalue weighted by atomic mass is 16.5. The van der Waals surface area contributed by atoms with E-state index in [2.05, 4.69) is 15.7 Å². The molecule has 2 heterocycles.